The first-order valence-corrected chi connectivity index (χ1v) is 7.39. The largest absolute Gasteiger partial charge is 0.516 e. The Morgan fingerprint density at radius 1 is 1.08 bits per heavy atom. The van der Waals surface area contributed by atoms with Crippen LogP contribution >= 0.6 is 0 Å². The minimum atomic E-state index is -1.35. The van der Waals surface area contributed by atoms with Crippen molar-refractivity contribution in [3.05, 3.63) is 0 Å². The van der Waals surface area contributed by atoms with E-state index in [1.54, 1.807) is 20.8 Å². The SMILES string of the molecule is COC(=O)[C@@H](CC(=O)OC(=O)OCC(C)C)NC(=O)OC(C)(C)C. The second kappa shape index (κ2) is 9.74. The van der Waals surface area contributed by atoms with Crippen molar-refractivity contribution in [3.63, 3.8) is 0 Å². The van der Waals surface area contributed by atoms with Crippen LogP contribution in [0.1, 0.15) is 41.0 Å². The lowest BCUT2D eigenvalue weighted by Crippen LogP contribution is -2.45. The average molecular weight is 347 g/mol. The molecule has 0 aliphatic carbocycles. The van der Waals surface area contributed by atoms with E-state index in [1.165, 1.54) is 0 Å². The first kappa shape index (κ1) is 21.7. The predicted octanol–water partition coefficient (Wildman–Crippen LogP) is 1.78. The molecule has 0 fully saturated rings. The Balaban J connectivity index is 4.62. The standard InChI is InChI=1S/C15H25NO8/c1-9(2)8-22-14(20)23-11(17)7-10(12(18)21-6)16-13(19)24-15(3,4)5/h9-10H,7-8H2,1-6H3,(H,16,19)/t10-/m1/s1. The summed E-state index contributed by atoms with van der Waals surface area (Å²) in [6.45, 7) is 8.62. The number of alkyl carbamates (subject to hydrolysis) is 1. The van der Waals surface area contributed by atoms with Gasteiger partial charge in [0, 0.05) is 0 Å². The number of nitrogens with one attached hydrogen (secondary N) is 1. The minimum Gasteiger partial charge on any atom is -0.467 e. The summed E-state index contributed by atoms with van der Waals surface area (Å²) in [6.07, 6.45) is -2.69. The van der Waals surface area contributed by atoms with E-state index >= 15 is 0 Å². The van der Waals surface area contributed by atoms with E-state index in [4.69, 9.17) is 4.74 Å². The molecule has 1 amide bonds. The van der Waals surface area contributed by atoms with Crippen LogP contribution < -0.4 is 5.32 Å². The zero-order chi connectivity index (χ0) is 18.9. The maximum atomic E-state index is 11.7. The van der Waals surface area contributed by atoms with E-state index in [0.29, 0.717) is 0 Å². The van der Waals surface area contributed by atoms with Crippen molar-refractivity contribution in [2.24, 2.45) is 5.92 Å². The molecular weight excluding hydrogens is 322 g/mol. The van der Waals surface area contributed by atoms with Crippen LogP contribution in [0.25, 0.3) is 0 Å². The molecule has 0 bridgehead atoms. The maximum Gasteiger partial charge on any atom is 0.516 e. The smallest absolute Gasteiger partial charge is 0.467 e. The minimum absolute atomic E-state index is 0.0734. The molecule has 1 N–H and O–H groups in total. The van der Waals surface area contributed by atoms with Crippen LogP contribution in [-0.2, 0) is 28.5 Å². The summed E-state index contributed by atoms with van der Waals surface area (Å²) in [7, 11) is 1.09. The lowest BCUT2D eigenvalue weighted by Gasteiger charge is -2.22. The third kappa shape index (κ3) is 10.4. The highest BCUT2D eigenvalue weighted by Crippen LogP contribution is 2.08. The molecule has 0 radical (unpaired) electrons. The number of methoxy groups -OCH3 is 1. The Hall–Kier alpha value is -2.32. The van der Waals surface area contributed by atoms with Crippen molar-refractivity contribution in [1.29, 1.82) is 0 Å². The lowest BCUT2D eigenvalue weighted by atomic mass is 10.2. The number of esters is 2. The van der Waals surface area contributed by atoms with Crippen LogP contribution in [-0.4, -0.2) is 49.5 Å². The molecule has 0 aromatic heterocycles. The molecule has 9 heteroatoms. The fraction of sp³-hybridized carbons (Fsp3) is 0.733. The Kier molecular flexibility index (Phi) is 8.80. The lowest BCUT2D eigenvalue weighted by molar-refractivity contribution is -0.149. The van der Waals surface area contributed by atoms with Gasteiger partial charge in [0.15, 0.2) is 0 Å². The molecule has 1 atom stereocenters. The summed E-state index contributed by atoms with van der Waals surface area (Å²) in [5.74, 6) is -1.85. The Labute approximate surface area is 140 Å². The number of carbonyl (C=O) groups excluding carboxylic acids is 4. The van der Waals surface area contributed by atoms with Crippen molar-refractivity contribution in [2.45, 2.75) is 52.7 Å². The highest BCUT2D eigenvalue weighted by atomic mass is 16.7. The van der Waals surface area contributed by atoms with Gasteiger partial charge in [0.25, 0.3) is 0 Å². The summed E-state index contributed by atoms with van der Waals surface area (Å²) in [4.78, 5) is 46.3. The van der Waals surface area contributed by atoms with Gasteiger partial charge >= 0.3 is 24.2 Å². The number of carbonyl (C=O) groups is 4. The number of amides is 1. The van der Waals surface area contributed by atoms with Crippen LogP contribution in [0.3, 0.4) is 0 Å². The average Bonchev–Trinajstić information content (AvgIpc) is 2.41. The van der Waals surface area contributed by atoms with Gasteiger partial charge in [0.2, 0.25) is 0 Å². The third-order valence-corrected chi connectivity index (χ3v) is 2.28. The topological polar surface area (TPSA) is 117 Å². The van der Waals surface area contributed by atoms with Crippen LogP contribution in [0.15, 0.2) is 0 Å². The van der Waals surface area contributed by atoms with Gasteiger partial charge in [-0.15, -0.1) is 0 Å². The van der Waals surface area contributed by atoms with Crippen molar-refractivity contribution in [3.8, 4) is 0 Å². The summed E-state index contributed by atoms with van der Waals surface area (Å²) >= 11 is 0. The Morgan fingerprint density at radius 2 is 1.67 bits per heavy atom. The molecule has 0 saturated carbocycles. The highest BCUT2D eigenvalue weighted by Gasteiger charge is 2.29. The normalized spacial score (nSPS) is 12.1. The molecule has 0 rings (SSSR count). The molecule has 0 unspecified atom stereocenters. The van der Waals surface area contributed by atoms with Crippen molar-refractivity contribution >= 4 is 24.2 Å². The van der Waals surface area contributed by atoms with Gasteiger partial charge in [-0.3, -0.25) is 4.79 Å². The van der Waals surface area contributed by atoms with Crippen molar-refractivity contribution < 1.29 is 38.1 Å². The summed E-state index contributed by atoms with van der Waals surface area (Å²) in [5.41, 5.74) is -0.786. The molecule has 138 valence electrons. The quantitative estimate of drug-likeness (QED) is 0.439. The fourth-order valence-corrected chi connectivity index (χ4v) is 1.35. The predicted molar refractivity (Wildman–Crippen MR) is 82.1 cm³/mol. The summed E-state index contributed by atoms with van der Waals surface area (Å²) in [5, 5.41) is 2.19. The van der Waals surface area contributed by atoms with Crippen LogP contribution in [0.2, 0.25) is 0 Å². The van der Waals surface area contributed by atoms with E-state index in [2.05, 4.69) is 19.5 Å². The number of rotatable bonds is 6. The van der Waals surface area contributed by atoms with Crippen LogP contribution in [0.4, 0.5) is 9.59 Å². The molecule has 0 aromatic carbocycles. The zero-order valence-electron chi connectivity index (χ0n) is 14.8. The second-order valence-electron chi connectivity index (χ2n) is 6.36. The van der Waals surface area contributed by atoms with Gasteiger partial charge in [-0.25, -0.2) is 14.4 Å². The van der Waals surface area contributed by atoms with E-state index in [9.17, 15) is 19.2 Å². The van der Waals surface area contributed by atoms with Crippen LogP contribution in [0.5, 0.6) is 0 Å². The van der Waals surface area contributed by atoms with Crippen LogP contribution in [0, 0.1) is 5.92 Å². The number of ether oxygens (including phenoxy) is 4. The molecule has 0 aliphatic heterocycles. The first-order chi connectivity index (χ1) is 10.9. The molecule has 24 heavy (non-hydrogen) atoms. The molecule has 0 heterocycles. The van der Waals surface area contributed by atoms with Gasteiger partial charge < -0.3 is 24.3 Å². The molecule has 0 aromatic rings. The van der Waals surface area contributed by atoms with Gasteiger partial charge in [-0.2, -0.15) is 0 Å². The van der Waals surface area contributed by atoms with Gasteiger partial charge in [-0.1, -0.05) is 13.8 Å². The first-order valence-electron chi connectivity index (χ1n) is 7.39. The van der Waals surface area contributed by atoms with E-state index in [1.807, 2.05) is 13.8 Å². The van der Waals surface area contributed by atoms with Crippen molar-refractivity contribution in [1.82, 2.24) is 5.32 Å². The summed E-state index contributed by atoms with van der Waals surface area (Å²) < 4.78 is 18.6. The van der Waals surface area contributed by atoms with E-state index in [0.717, 1.165) is 7.11 Å². The molecule has 0 aliphatic rings. The fourth-order valence-electron chi connectivity index (χ4n) is 1.35. The third-order valence-electron chi connectivity index (χ3n) is 2.28. The van der Waals surface area contributed by atoms with E-state index < -0.39 is 42.3 Å². The maximum absolute atomic E-state index is 11.7. The summed E-state index contributed by atoms with van der Waals surface area (Å²) in [6, 6.07) is -1.35. The van der Waals surface area contributed by atoms with Crippen molar-refractivity contribution in [2.75, 3.05) is 13.7 Å². The zero-order valence-corrected chi connectivity index (χ0v) is 14.8. The van der Waals surface area contributed by atoms with Gasteiger partial charge in [0.1, 0.15) is 11.6 Å². The monoisotopic (exact) mass is 347 g/mol. The molecule has 0 saturated heterocycles. The Bertz CT molecular complexity index is 467. The van der Waals surface area contributed by atoms with E-state index in [-0.39, 0.29) is 12.5 Å². The molecule has 0 spiro atoms. The second-order valence-corrected chi connectivity index (χ2v) is 6.36. The number of hydrogen-bond acceptors (Lipinski definition) is 8. The van der Waals surface area contributed by atoms with Gasteiger partial charge in [-0.05, 0) is 26.7 Å². The molecule has 9 nitrogen and oxygen atoms in total. The highest BCUT2D eigenvalue weighted by molar-refractivity contribution is 5.89. The molecular formula is C15H25NO8. The Morgan fingerprint density at radius 3 is 2.12 bits per heavy atom. The number of hydrogen-bond donors (Lipinski definition) is 1. The van der Waals surface area contributed by atoms with Gasteiger partial charge in [0.05, 0.1) is 20.1 Å².